The van der Waals surface area contributed by atoms with Crippen molar-refractivity contribution in [2.45, 2.75) is 6.92 Å². The molecule has 0 aliphatic rings. The van der Waals surface area contributed by atoms with Gasteiger partial charge >= 0.3 is 0 Å². The Labute approximate surface area is 119 Å². The Kier molecular flexibility index (Phi) is 3.90. The summed E-state index contributed by atoms with van der Waals surface area (Å²) in [5.41, 5.74) is 5.97. The van der Waals surface area contributed by atoms with E-state index >= 15 is 0 Å². The molecule has 0 fully saturated rings. The van der Waals surface area contributed by atoms with Crippen molar-refractivity contribution in [1.29, 1.82) is 0 Å². The van der Waals surface area contributed by atoms with Gasteiger partial charge in [-0.3, -0.25) is 4.79 Å². The van der Waals surface area contributed by atoms with Crippen LogP contribution in [0.25, 0.3) is 0 Å². The lowest BCUT2D eigenvalue weighted by Gasteiger charge is -2.09. The van der Waals surface area contributed by atoms with E-state index in [9.17, 15) is 13.6 Å². The normalized spacial score (nSPS) is 10.4. The lowest BCUT2D eigenvalue weighted by molar-refractivity contribution is 0.102. The van der Waals surface area contributed by atoms with E-state index < -0.39 is 17.5 Å². The first-order valence-corrected chi connectivity index (χ1v) is 6.07. The molecule has 0 aliphatic heterocycles. The molecule has 104 valence electrons. The number of nitrogens with two attached hydrogens (primary N) is 1. The summed E-state index contributed by atoms with van der Waals surface area (Å²) in [4.78, 5) is 12.0. The highest BCUT2D eigenvalue weighted by molar-refractivity contribution is 6.31. The fourth-order valence-corrected chi connectivity index (χ4v) is 2.01. The van der Waals surface area contributed by atoms with E-state index in [1.165, 1.54) is 6.07 Å². The Bertz CT molecular complexity index is 669. The first kappa shape index (κ1) is 14.3. The average molecular weight is 297 g/mol. The van der Waals surface area contributed by atoms with Gasteiger partial charge in [0.15, 0.2) is 0 Å². The van der Waals surface area contributed by atoms with Crippen molar-refractivity contribution in [2.24, 2.45) is 0 Å². The van der Waals surface area contributed by atoms with Crippen molar-refractivity contribution in [3.05, 3.63) is 58.1 Å². The molecular weight excluding hydrogens is 286 g/mol. The summed E-state index contributed by atoms with van der Waals surface area (Å²) in [6, 6.07) is 6.39. The molecule has 0 atom stereocenters. The number of benzene rings is 2. The van der Waals surface area contributed by atoms with Crippen LogP contribution in [-0.2, 0) is 0 Å². The SMILES string of the molecule is Cc1cc(Cl)cc(C(=O)Nc2cc(N)c(F)cc2F)c1. The monoisotopic (exact) mass is 296 g/mol. The lowest BCUT2D eigenvalue weighted by atomic mass is 10.1. The molecule has 3 nitrogen and oxygen atoms in total. The average Bonchev–Trinajstić information content (AvgIpc) is 2.34. The Balaban J connectivity index is 2.30. The molecule has 0 spiro atoms. The number of anilines is 2. The van der Waals surface area contributed by atoms with Crippen molar-refractivity contribution < 1.29 is 13.6 Å². The maximum absolute atomic E-state index is 13.5. The fraction of sp³-hybridized carbons (Fsp3) is 0.0714. The molecule has 0 saturated heterocycles. The summed E-state index contributed by atoms with van der Waals surface area (Å²) < 4.78 is 26.6. The molecule has 0 saturated carbocycles. The molecule has 0 unspecified atom stereocenters. The molecule has 0 aromatic heterocycles. The third-order valence-electron chi connectivity index (χ3n) is 2.64. The molecule has 0 heterocycles. The molecule has 0 radical (unpaired) electrons. The van der Waals surface area contributed by atoms with Crippen molar-refractivity contribution in [3.8, 4) is 0 Å². The smallest absolute Gasteiger partial charge is 0.255 e. The number of carbonyl (C=O) groups excluding carboxylic acids is 1. The molecule has 2 aromatic rings. The second-order valence-electron chi connectivity index (χ2n) is 4.32. The van der Waals surface area contributed by atoms with Crippen LogP contribution in [0.3, 0.4) is 0 Å². The van der Waals surface area contributed by atoms with Gasteiger partial charge < -0.3 is 11.1 Å². The summed E-state index contributed by atoms with van der Waals surface area (Å²) in [6.07, 6.45) is 0. The Morgan fingerprint density at radius 3 is 2.50 bits per heavy atom. The number of nitrogen functional groups attached to an aromatic ring is 1. The van der Waals surface area contributed by atoms with Gasteiger partial charge in [-0.1, -0.05) is 11.6 Å². The van der Waals surface area contributed by atoms with Crippen LogP contribution in [0.5, 0.6) is 0 Å². The quantitative estimate of drug-likeness (QED) is 0.829. The summed E-state index contributed by atoms with van der Waals surface area (Å²) in [6.45, 7) is 1.78. The summed E-state index contributed by atoms with van der Waals surface area (Å²) in [7, 11) is 0. The minimum Gasteiger partial charge on any atom is -0.396 e. The molecule has 6 heteroatoms. The van der Waals surface area contributed by atoms with Gasteiger partial charge in [0.2, 0.25) is 0 Å². The number of carbonyl (C=O) groups is 1. The molecule has 0 bridgehead atoms. The van der Waals surface area contributed by atoms with Crippen LogP contribution in [0.1, 0.15) is 15.9 Å². The Morgan fingerprint density at radius 1 is 1.15 bits per heavy atom. The number of nitrogens with one attached hydrogen (secondary N) is 1. The standard InChI is InChI=1S/C14H11ClF2N2O/c1-7-2-8(4-9(15)3-7)14(20)19-13-6-12(18)10(16)5-11(13)17/h2-6H,18H2,1H3,(H,19,20). The van der Waals surface area contributed by atoms with Gasteiger partial charge in [0.05, 0.1) is 11.4 Å². The highest BCUT2D eigenvalue weighted by atomic mass is 35.5. The maximum Gasteiger partial charge on any atom is 0.255 e. The van der Waals surface area contributed by atoms with E-state index in [2.05, 4.69) is 5.32 Å². The van der Waals surface area contributed by atoms with Crippen molar-refractivity contribution in [2.75, 3.05) is 11.1 Å². The highest BCUT2D eigenvalue weighted by Gasteiger charge is 2.13. The molecular formula is C14H11ClF2N2O. The van der Waals surface area contributed by atoms with Gasteiger partial charge in [-0.05, 0) is 36.8 Å². The molecule has 20 heavy (non-hydrogen) atoms. The van der Waals surface area contributed by atoms with E-state index in [4.69, 9.17) is 17.3 Å². The summed E-state index contributed by atoms with van der Waals surface area (Å²) in [5.74, 6) is -2.33. The van der Waals surface area contributed by atoms with Crippen molar-refractivity contribution in [3.63, 3.8) is 0 Å². The van der Waals surface area contributed by atoms with Gasteiger partial charge in [-0.15, -0.1) is 0 Å². The van der Waals surface area contributed by atoms with Crippen LogP contribution in [-0.4, -0.2) is 5.91 Å². The number of rotatable bonds is 2. The summed E-state index contributed by atoms with van der Waals surface area (Å²) >= 11 is 5.85. The molecule has 0 aliphatic carbocycles. The zero-order valence-corrected chi connectivity index (χ0v) is 11.3. The van der Waals surface area contributed by atoms with Crippen LogP contribution < -0.4 is 11.1 Å². The summed E-state index contributed by atoms with van der Waals surface area (Å²) in [5, 5.41) is 2.73. The fourth-order valence-electron chi connectivity index (χ4n) is 1.72. The second-order valence-corrected chi connectivity index (χ2v) is 4.76. The molecule has 2 rings (SSSR count). The Morgan fingerprint density at radius 2 is 1.85 bits per heavy atom. The third kappa shape index (κ3) is 3.05. The zero-order chi connectivity index (χ0) is 14.9. The number of amides is 1. The lowest BCUT2D eigenvalue weighted by Crippen LogP contribution is -2.14. The minimum atomic E-state index is -0.899. The van der Waals surface area contributed by atoms with E-state index in [1.54, 1.807) is 19.1 Å². The first-order valence-electron chi connectivity index (χ1n) is 5.70. The van der Waals surface area contributed by atoms with Crippen LogP contribution in [0.2, 0.25) is 5.02 Å². The van der Waals surface area contributed by atoms with Gasteiger partial charge in [0.25, 0.3) is 5.91 Å². The first-order chi connectivity index (χ1) is 9.36. The number of hydrogen-bond donors (Lipinski definition) is 2. The number of aryl methyl sites for hydroxylation is 1. The number of hydrogen-bond acceptors (Lipinski definition) is 2. The zero-order valence-electron chi connectivity index (χ0n) is 10.5. The van der Waals surface area contributed by atoms with Crippen LogP contribution in [0.4, 0.5) is 20.2 Å². The largest absolute Gasteiger partial charge is 0.396 e. The number of halogens is 3. The van der Waals surface area contributed by atoms with Crippen LogP contribution >= 0.6 is 11.6 Å². The molecule has 2 aromatic carbocycles. The van der Waals surface area contributed by atoms with E-state index in [1.807, 2.05) is 0 Å². The second kappa shape index (κ2) is 5.46. The minimum absolute atomic E-state index is 0.188. The van der Waals surface area contributed by atoms with Crippen molar-refractivity contribution >= 4 is 28.9 Å². The maximum atomic E-state index is 13.5. The highest BCUT2D eigenvalue weighted by Crippen LogP contribution is 2.22. The Hall–Kier alpha value is -2.14. The van der Waals surface area contributed by atoms with Crippen LogP contribution in [0.15, 0.2) is 30.3 Å². The van der Waals surface area contributed by atoms with Gasteiger partial charge in [0.1, 0.15) is 11.6 Å². The van der Waals surface area contributed by atoms with Crippen LogP contribution in [0, 0.1) is 18.6 Å². The van der Waals surface area contributed by atoms with Gasteiger partial charge in [0, 0.05) is 16.7 Å². The van der Waals surface area contributed by atoms with Crippen molar-refractivity contribution in [1.82, 2.24) is 0 Å². The van der Waals surface area contributed by atoms with E-state index in [0.29, 0.717) is 11.1 Å². The topological polar surface area (TPSA) is 55.1 Å². The molecule has 1 amide bonds. The predicted molar refractivity (Wildman–Crippen MR) is 74.9 cm³/mol. The molecule has 3 N–H and O–H groups in total. The van der Waals surface area contributed by atoms with Gasteiger partial charge in [-0.25, -0.2) is 8.78 Å². The predicted octanol–water partition coefficient (Wildman–Crippen LogP) is 3.76. The van der Waals surface area contributed by atoms with E-state index in [0.717, 1.165) is 11.6 Å². The third-order valence-corrected chi connectivity index (χ3v) is 2.86. The van der Waals surface area contributed by atoms with Gasteiger partial charge in [-0.2, -0.15) is 0 Å². The van der Waals surface area contributed by atoms with E-state index in [-0.39, 0.29) is 16.9 Å².